The summed E-state index contributed by atoms with van der Waals surface area (Å²) in [6.45, 7) is 39.4. The molecule has 3 unspecified atom stereocenters. The molecule has 13 heteroatoms. The van der Waals surface area contributed by atoms with Crippen molar-refractivity contribution in [2.75, 3.05) is 39.3 Å². The Labute approximate surface area is 295 Å². The minimum atomic E-state index is -1.06. The number of aliphatic hydroxyl groups excluding tert-OH is 2. The van der Waals surface area contributed by atoms with E-state index in [0.717, 1.165) is 13.2 Å². The second-order valence-electron chi connectivity index (χ2n) is 12.9. The van der Waals surface area contributed by atoms with E-state index >= 15 is 0 Å². The van der Waals surface area contributed by atoms with Crippen molar-refractivity contribution >= 4 is 18.4 Å². The van der Waals surface area contributed by atoms with Crippen LogP contribution in [0.2, 0.25) is 0 Å². The number of nitrogens with two attached hydrogens (primary N) is 1. The average Bonchev–Trinajstić information content (AvgIpc) is 3.80. The van der Waals surface area contributed by atoms with Gasteiger partial charge in [-0.15, -0.1) is 39.5 Å². The smallest absolute Gasteiger partial charge is 0.444 e. The highest BCUT2D eigenvalue weighted by Gasteiger charge is 2.24. The van der Waals surface area contributed by atoms with Crippen molar-refractivity contribution in [3.63, 3.8) is 0 Å². The number of hydrogen-bond acceptors (Lipinski definition) is 12. The third kappa shape index (κ3) is 46.4. The van der Waals surface area contributed by atoms with E-state index < -0.39 is 47.4 Å². The maximum atomic E-state index is 11.7. The molecule has 3 atom stereocenters. The zero-order valence-corrected chi connectivity index (χ0v) is 31.4. The van der Waals surface area contributed by atoms with E-state index in [1.54, 1.807) is 86.6 Å². The van der Waals surface area contributed by atoms with Crippen LogP contribution in [0.25, 0.3) is 0 Å². The fraction of sp³-hybridized carbons (Fsp3) is 0.583. The first kappa shape index (κ1) is 52.1. The molecule has 0 aliphatic carbocycles. The normalized spacial score (nSPS) is 14.0. The van der Waals surface area contributed by atoms with Gasteiger partial charge in [0.2, 0.25) is 0 Å². The molecule has 0 aromatic heterocycles. The summed E-state index contributed by atoms with van der Waals surface area (Å²) in [5.41, 5.74) is 2.97. The highest BCUT2D eigenvalue weighted by Crippen LogP contribution is 2.12. The molecular weight excluding hydrogens is 634 g/mol. The molecule has 5 N–H and O–H groups in total. The monoisotopic (exact) mass is 699 g/mol. The molecule has 1 aliphatic heterocycles. The van der Waals surface area contributed by atoms with Crippen LogP contribution < -0.4 is 11.1 Å². The summed E-state index contributed by atoms with van der Waals surface area (Å²) in [4.78, 5) is 35.1. The van der Waals surface area contributed by atoms with Crippen LogP contribution in [0, 0.1) is 0 Å². The first-order chi connectivity index (χ1) is 22.4. The van der Waals surface area contributed by atoms with Gasteiger partial charge in [-0.1, -0.05) is 36.5 Å². The number of carbonyl (C=O) groups is 3. The summed E-state index contributed by atoms with van der Waals surface area (Å²) in [7, 11) is 0. The number of hydrogen-bond donors (Lipinski definition) is 4. The lowest BCUT2D eigenvalue weighted by Crippen LogP contribution is -2.40. The van der Waals surface area contributed by atoms with Gasteiger partial charge < -0.3 is 49.8 Å². The van der Waals surface area contributed by atoms with Crippen molar-refractivity contribution in [2.24, 2.45) is 5.73 Å². The Morgan fingerprint density at radius 2 is 1.24 bits per heavy atom. The molecule has 0 saturated carbocycles. The van der Waals surface area contributed by atoms with Crippen molar-refractivity contribution in [2.45, 2.75) is 97.4 Å². The van der Waals surface area contributed by atoms with Crippen LogP contribution in [0.4, 0.5) is 14.4 Å². The van der Waals surface area contributed by atoms with E-state index in [2.05, 4.69) is 49.5 Å². The number of nitrogens with zero attached hydrogens (tertiary/aromatic N) is 1. The van der Waals surface area contributed by atoms with Gasteiger partial charge in [-0.3, -0.25) is 0 Å². The van der Waals surface area contributed by atoms with Crippen LogP contribution in [-0.4, -0.2) is 108 Å². The van der Waals surface area contributed by atoms with Crippen LogP contribution in [0.3, 0.4) is 0 Å². The van der Waals surface area contributed by atoms with Crippen LogP contribution in [0.5, 0.6) is 0 Å². The van der Waals surface area contributed by atoms with E-state index in [-0.39, 0.29) is 6.54 Å². The Bertz CT molecular complexity index is 949. The van der Waals surface area contributed by atoms with Crippen molar-refractivity contribution in [3.8, 4) is 0 Å². The maximum absolute atomic E-state index is 11.7. The summed E-state index contributed by atoms with van der Waals surface area (Å²) in [6, 6.07) is 0. The van der Waals surface area contributed by atoms with Crippen molar-refractivity contribution in [3.05, 3.63) is 75.9 Å². The van der Waals surface area contributed by atoms with Crippen molar-refractivity contribution in [1.82, 2.24) is 10.2 Å². The zero-order chi connectivity index (χ0) is 39.3. The molecule has 1 aliphatic rings. The van der Waals surface area contributed by atoms with Gasteiger partial charge in [0.15, 0.2) is 0 Å². The highest BCUT2D eigenvalue weighted by molar-refractivity contribution is 5.77. The molecule has 284 valence electrons. The largest absolute Gasteiger partial charge is 0.519 e. The second-order valence-corrected chi connectivity index (χ2v) is 12.9. The average molecular weight is 700 g/mol. The number of carbonyl (C=O) groups excluding carboxylic acids is 3. The first-order valence-corrected chi connectivity index (χ1v) is 15.7. The molecule has 0 radical (unpaired) electrons. The summed E-state index contributed by atoms with van der Waals surface area (Å²) < 4.78 is 23.7. The molecule has 1 rings (SSSR count). The highest BCUT2D eigenvalue weighted by atomic mass is 16.8. The molecule has 0 spiro atoms. The van der Waals surface area contributed by atoms with E-state index in [1.807, 2.05) is 0 Å². The predicted molar refractivity (Wildman–Crippen MR) is 196 cm³/mol. The minimum absolute atomic E-state index is 0.157. The van der Waals surface area contributed by atoms with Crippen LogP contribution in [0.15, 0.2) is 75.9 Å². The number of nitrogens with one attached hydrogen (secondary N) is 1. The van der Waals surface area contributed by atoms with Gasteiger partial charge in [-0.2, -0.15) is 0 Å². The van der Waals surface area contributed by atoms with Crippen LogP contribution in [-0.2, 0) is 23.7 Å². The van der Waals surface area contributed by atoms with E-state index in [9.17, 15) is 19.5 Å². The summed E-state index contributed by atoms with van der Waals surface area (Å²) >= 11 is 0. The molecule has 1 amide bonds. The second kappa shape index (κ2) is 29.2. The molecule has 0 bridgehead atoms. The molecule has 49 heavy (non-hydrogen) atoms. The van der Waals surface area contributed by atoms with Gasteiger partial charge in [0, 0.05) is 26.2 Å². The van der Waals surface area contributed by atoms with Gasteiger partial charge in [0.1, 0.15) is 16.8 Å². The van der Waals surface area contributed by atoms with Gasteiger partial charge >= 0.3 is 18.4 Å². The molecule has 0 aromatic rings. The third-order valence-corrected chi connectivity index (χ3v) is 4.33. The Morgan fingerprint density at radius 3 is 1.51 bits per heavy atom. The zero-order valence-electron chi connectivity index (χ0n) is 31.4. The van der Waals surface area contributed by atoms with Gasteiger partial charge in [0.25, 0.3) is 0 Å². The first-order valence-electron chi connectivity index (χ1n) is 15.7. The Kier molecular flexibility index (Phi) is 31.0. The third-order valence-electron chi connectivity index (χ3n) is 4.33. The van der Waals surface area contributed by atoms with E-state index in [1.165, 1.54) is 17.1 Å². The van der Waals surface area contributed by atoms with E-state index in [4.69, 9.17) is 29.8 Å². The fourth-order valence-electron chi connectivity index (χ4n) is 2.22. The fourth-order valence-corrected chi connectivity index (χ4v) is 2.22. The Balaban J connectivity index is -0.000000280. The van der Waals surface area contributed by atoms with E-state index in [0.29, 0.717) is 25.7 Å². The van der Waals surface area contributed by atoms with Crippen molar-refractivity contribution < 1.29 is 48.3 Å². The number of rotatable bonds is 12. The molecule has 0 aromatic carbocycles. The van der Waals surface area contributed by atoms with Gasteiger partial charge in [0.05, 0.1) is 31.5 Å². The quantitative estimate of drug-likeness (QED) is 0.0478. The lowest BCUT2D eigenvalue weighted by atomic mass is 10.2. The predicted octanol–water partition coefficient (Wildman–Crippen LogP) is 5.84. The summed E-state index contributed by atoms with van der Waals surface area (Å²) in [5.74, 6) is 0. The van der Waals surface area contributed by atoms with Crippen LogP contribution in [0.1, 0.15) is 62.3 Å². The van der Waals surface area contributed by atoms with Gasteiger partial charge in [-0.05, 0) is 62.3 Å². The lowest BCUT2D eigenvalue weighted by molar-refractivity contribution is -0.0294. The SMILES string of the molecule is C=CC1CO1.C=CCN.C=CCN(CC(O)C=C)C(=O)OC(C)(C)C.C=CCNCC(O)C=C.CC(C)(C)OC(=O)OC(=O)OC(C)(C)C. The van der Waals surface area contributed by atoms with Crippen LogP contribution >= 0.6 is 0 Å². The Morgan fingerprint density at radius 1 is 0.816 bits per heavy atom. The molecular formula is C36H65N3O10. The molecule has 1 fully saturated rings. The molecule has 13 nitrogen and oxygen atoms in total. The molecule has 1 saturated heterocycles. The standard InChI is InChI=1S/C12H21NO3.C10H18O5.C7H13NO.C4H6O.C3H7N/c1-6-8-13(9-10(14)7-2)11(15)16-12(3,4)5;1-9(2,3)14-7(11)13-8(12)15-10(4,5)6;1-3-5-8-6-7(9)4-2;1-2-4-3-5-4;1-2-3-4/h6-7,10,14H,1-2,8-9H2,3-5H3;1-6H3;3-4,7-9H,1-2,5-6H2;2,4H,1,3H2;2H,1,3-4H2. The summed E-state index contributed by atoms with van der Waals surface area (Å²) in [6.07, 6.45) is 6.28. The lowest BCUT2D eigenvalue weighted by Gasteiger charge is -2.27. The minimum Gasteiger partial charge on any atom is -0.444 e. The van der Waals surface area contributed by atoms with Gasteiger partial charge in [-0.25, -0.2) is 14.4 Å². The molecule has 1 heterocycles. The number of epoxide rings is 1. The van der Waals surface area contributed by atoms with Crippen molar-refractivity contribution in [1.29, 1.82) is 0 Å². The topological polar surface area (TPSA) is 182 Å². The number of ether oxygens (including phenoxy) is 5. The number of amides is 1. The Hall–Kier alpha value is -3.75. The maximum Gasteiger partial charge on any atom is 0.519 e. The summed E-state index contributed by atoms with van der Waals surface area (Å²) in [5, 5.41) is 21.2. The number of aliphatic hydroxyl groups is 2.